The van der Waals surface area contributed by atoms with Crippen LogP contribution in [0.15, 0.2) is 72.3 Å². The van der Waals surface area contributed by atoms with Crippen LogP contribution in [0.25, 0.3) is 5.57 Å². The van der Waals surface area contributed by atoms with Crippen LogP contribution < -0.4 is 4.74 Å². The Morgan fingerprint density at radius 2 is 1.65 bits per heavy atom. The molecule has 1 aliphatic carbocycles. The Labute approximate surface area is 228 Å². The van der Waals surface area contributed by atoms with Crippen molar-refractivity contribution in [3.05, 3.63) is 93.6 Å². The molecule has 1 saturated heterocycles. The van der Waals surface area contributed by atoms with Gasteiger partial charge in [-0.1, -0.05) is 54.6 Å². The van der Waals surface area contributed by atoms with Gasteiger partial charge in [-0.3, -0.25) is 24.4 Å². The molecule has 214 valence electrons. The highest BCUT2D eigenvalue weighted by Crippen LogP contribution is 2.39. The molecule has 2 aromatic rings. The average molecular weight is 582 g/mol. The summed E-state index contributed by atoms with van der Waals surface area (Å²) >= 11 is 0. The van der Waals surface area contributed by atoms with E-state index in [1.165, 1.54) is 41.3 Å². The Bertz CT molecular complexity index is 1420. The lowest BCUT2D eigenvalue weighted by Crippen LogP contribution is -2.60. The van der Waals surface area contributed by atoms with Crippen LogP contribution in [0.5, 0.6) is 5.75 Å². The summed E-state index contributed by atoms with van der Waals surface area (Å²) in [6, 6.07) is 14.1. The largest absolute Gasteiger partial charge is 0.573 e. The third-order valence-corrected chi connectivity index (χ3v) is 7.51. The third-order valence-electron chi connectivity index (χ3n) is 6.83. The fourth-order valence-electron chi connectivity index (χ4n) is 4.90. The first-order chi connectivity index (χ1) is 18.8. The minimum Gasteiger partial charge on any atom is -0.406 e. The number of halogens is 3. The van der Waals surface area contributed by atoms with E-state index in [4.69, 9.17) is 0 Å². The number of alkyl halides is 3. The lowest BCUT2D eigenvalue weighted by molar-refractivity contribution is -0.541. The summed E-state index contributed by atoms with van der Waals surface area (Å²) < 4.78 is 74.0. The van der Waals surface area contributed by atoms with Crippen LogP contribution in [0.2, 0.25) is 0 Å². The van der Waals surface area contributed by atoms with Crippen molar-refractivity contribution >= 4 is 21.6 Å². The maximum atomic E-state index is 13.8. The molecule has 1 N–H and O–H groups in total. The molecule has 0 radical (unpaired) electrons. The highest BCUT2D eigenvalue weighted by atomic mass is 32.2. The van der Waals surface area contributed by atoms with Crippen LogP contribution in [0.1, 0.15) is 17.5 Å². The van der Waals surface area contributed by atoms with Crippen molar-refractivity contribution in [1.29, 1.82) is 0 Å². The van der Waals surface area contributed by atoms with Crippen LogP contribution in [-0.4, -0.2) is 77.4 Å². The predicted molar refractivity (Wildman–Crippen MR) is 138 cm³/mol. The summed E-state index contributed by atoms with van der Waals surface area (Å²) in [5.74, 6) is -2.28. The molecule has 0 saturated carbocycles. The Hall–Kier alpha value is -3.75. The number of piperazine rings is 1. The monoisotopic (exact) mass is 581 g/mol. The zero-order valence-corrected chi connectivity index (χ0v) is 21.9. The van der Waals surface area contributed by atoms with E-state index < -0.39 is 45.0 Å². The maximum absolute atomic E-state index is 13.8. The Morgan fingerprint density at radius 3 is 2.20 bits per heavy atom. The molecule has 40 heavy (non-hydrogen) atoms. The van der Waals surface area contributed by atoms with Crippen molar-refractivity contribution in [1.82, 2.24) is 9.80 Å². The fourth-order valence-corrected chi connectivity index (χ4v) is 5.63. The highest BCUT2D eigenvalue weighted by molar-refractivity contribution is 7.86. The number of ether oxygens (including phenoxy) is 1. The van der Waals surface area contributed by atoms with Crippen LogP contribution >= 0.6 is 0 Å². The molecule has 2 aromatic carbocycles. The van der Waals surface area contributed by atoms with Gasteiger partial charge in [0.15, 0.2) is 0 Å². The van der Waals surface area contributed by atoms with Gasteiger partial charge in [-0.15, -0.1) is 13.2 Å². The van der Waals surface area contributed by atoms with Gasteiger partial charge in [0, 0.05) is 43.2 Å². The Morgan fingerprint density at radius 1 is 1.02 bits per heavy atom. The fraction of sp³-hybridized carbons (Fsp3) is 0.346. The number of amides is 1. The lowest BCUT2D eigenvalue weighted by atomic mass is 9.77. The van der Waals surface area contributed by atoms with Gasteiger partial charge >= 0.3 is 17.8 Å². The van der Waals surface area contributed by atoms with E-state index in [2.05, 4.69) is 4.74 Å². The molecular formula is C26H26F3N3O7S. The van der Waals surface area contributed by atoms with Crippen molar-refractivity contribution in [2.45, 2.75) is 24.9 Å². The zero-order valence-electron chi connectivity index (χ0n) is 21.1. The third kappa shape index (κ3) is 6.87. The second-order valence-corrected chi connectivity index (χ2v) is 11.0. The second-order valence-electron chi connectivity index (χ2n) is 9.53. The number of nitro groups is 1. The number of allylic oxidation sites excluding steroid dienone is 2. The molecule has 0 bridgehead atoms. The quantitative estimate of drug-likeness (QED) is 0.285. The molecule has 14 heteroatoms. The molecule has 0 spiro atoms. The van der Waals surface area contributed by atoms with Gasteiger partial charge in [0.25, 0.3) is 10.1 Å². The molecule has 2 aliphatic rings. The number of hydrogen-bond donors (Lipinski definition) is 1. The van der Waals surface area contributed by atoms with E-state index in [9.17, 15) is 41.1 Å². The van der Waals surface area contributed by atoms with E-state index in [0.29, 0.717) is 36.3 Å². The first kappa shape index (κ1) is 29.2. The number of carbonyl (C=O) groups is 1. The molecule has 10 nitrogen and oxygen atoms in total. The number of nitrogens with zero attached hydrogens (tertiary/aromatic N) is 3. The van der Waals surface area contributed by atoms with Gasteiger partial charge in [0.2, 0.25) is 0 Å². The Kier molecular flexibility index (Phi) is 8.33. The van der Waals surface area contributed by atoms with Crippen molar-refractivity contribution in [3.8, 4) is 5.75 Å². The molecule has 0 aromatic heterocycles. The number of carbonyl (C=O) groups excluding carboxylic acids is 1. The van der Waals surface area contributed by atoms with Crippen molar-refractivity contribution in [3.63, 3.8) is 0 Å². The molecule has 1 aliphatic heterocycles. The first-order valence-electron chi connectivity index (χ1n) is 12.2. The first-order valence-corrected chi connectivity index (χ1v) is 13.8. The van der Waals surface area contributed by atoms with Crippen LogP contribution in [0.3, 0.4) is 0 Å². The van der Waals surface area contributed by atoms with E-state index in [-0.39, 0.29) is 24.4 Å². The SMILES string of the molecule is O=C(N1CCN(Cc2ccc(OC(F)(F)F)cc2)CC1)C1([N+](=O)[O-])CC(c2ccccc2)=CC=C1CS(=O)(=O)O. The van der Waals surface area contributed by atoms with Crippen LogP contribution in [0.4, 0.5) is 13.2 Å². The minimum atomic E-state index is -4.79. The molecule has 1 fully saturated rings. The van der Waals surface area contributed by atoms with E-state index in [1.54, 1.807) is 30.3 Å². The summed E-state index contributed by atoms with van der Waals surface area (Å²) in [7, 11) is -4.68. The van der Waals surface area contributed by atoms with Gasteiger partial charge in [-0.25, -0.2) is 0 Å². The average Bonchev–Trinajstić information content (AvgIpc) is 2.89. The van der Waals surface area contributed by atoms with Crippen molar-refractivity contribution in [2.75, 3.05) is 31.9 Å². The molecule has 1 amide bonds. The Balaban J connectivity index is 1.51. The molecule has 1 heterocycles. The second kappa shape index (κ2) is 11.4. The van der Waals surface area contributed by atoms with Gasteiger partial charge < -0.3 is 9.64 Å². The van der Waals surface area contributed by atoms with Crippen molar-refractivity contribution in [2.24, 2.45) is 0 Å². The summed E-state index contributed by atoms with van der Waals surface area (Å²) in [4.78, 5) is 28.9. The van der Waals surface area contributed by atoms with Crippen LogP contribution in [-0.2, 0) is 21.5 Å². The molecule has 4 rings (SSSR count). The van der Waals surface area contributed by atoms with E-state index >= 15 is 0 Å². The number of rotatable bonds is 8. The normalized spacial score (nSPS) is 20.4. The number of hydrogen-bond acceptors (Lipinski definition) is 7. The van der Waals surface area contributed by atoms with Gasteiger partial charge in [0.1, 0.15) is 11.5 Å². The minimum absolute atomic E-state index is 0.104. The smallest absolute Gasteiger partial charge is 0.406 e. The highest BCUT2D eigenvalue weighted by Gasteiger charge is 2.58. The van der Waals surface area contributed by atoms with Gasteiger partial charge in [-0.2, -0.15) is 8.42 Å². The van der Waals surface area contributed by atoms with Gasteiger partial charge in [0.05, 0.1) is 6.42 Å². The van der Waals surface area contributed by atoms with Gasteiger partial charge in [-0.05, 0) is 28.8 Å². The summed E-state index contributed by atoms with van der Waals surface area (Å²) in [6.07, 6.45) is -2.44. The topological polar surface area (TPSA) is 130 Å². The van der Waals surface area contributed by atoms with E-state index in [1.807, 2.05) is 4.90 Å². The summed E-state index contributed by atoms with van der Waals surface area (Å²) in [5, 5.41) is 12.6. The van der Waals surface area contributed by atoms with Crippen LogP contribution in [0, 0.1) is 10.1 Å². The van der Waals surface area contributed by atoms with E-state index in [0.717, 1.165) is 0 Å². The summed E-state index contributed by atoms with van der Waals surface area (Å²) in [6.45, 7) is 1.21. The number of benzene rings is 2. The molecule has 1 atom stereocenters. The zero-order chi connectivity index (χ0) is 29.1. The molecular weight excluding hydrogens is 555 g/mol. The standard InChI is InChI=1S/C26H26F3N3O7S/c27-26(28,29)39-23-10-6-19(7-11-23)17-30-12-14-31(15-13-30)24(33)25(32(34)35)16-21(20-4-2-1-3-5-20)8-9-22(25)18-40(36,37)38/h1-11H,12-18H2,(H,36,37,38). The maximum Gasteiger partial charge on any atom is 0.573 e. The lowest BCUT2D eigenvalue weighted by Gasteiger charge is -2.39. The predicted octanol–water partition coefficient (Wildman–Crippen LogP) is 3.55. The summed E-state index contributed by atoms with van der Waals surface area (Å²) in [5.41, 5.74) is -0.930. The van der Waals surface area contributed by atoms with Crippen molar-refractivity contribution < 1.29 is 40.6 Å². The molecule has 1 unspecified atom stereocenters.